The van der Waals surface area contributed by atoms with Crippen LogP contribution in [0.3, 0.4) is 0 Å². The summed E-state index contributed by atoms with van der Waals surface area (Å²) in [6.07, 6.45) is 29.1. The zero-order chi connectivity index (χ0) is 40.6. The van der Waals surface area contributed by atoms with Gasteiger partial charge in [0.2, 0.25) is 5.91 Å². The minimum absolute atomic E-state index is 0.162. The summed E-state index contributed by atoms with van der Waals surface area (Å²) in [6.45, 7) is 3.32. The molecule has 0 saturated carbocycles. The normalized spacial score (nSPS) is 21.9. The summed E-state index contributed by atoms with van der Waals surface area (Å²) in [5, 5.41) is 44.5. The second-order valence-corrected chi connectivity index (χ2v) is 16.0. The highest BCUT2D eigenvalue weighted by molar-refractivity contribution is 7.80. The molecule has 0 spiro atoms. The third-order valence-corrected chi connectivity index (χ3v) is 10.4. The van der Waals surface area contributed by atoms with Crippen LogP contribution in [0.5, 0.6) is 0 Å². The maximum absolute atomic E-state index is 12.9. The SMILES string of the molecule is CCCCCCCC/C=C\C/C=C\CCC(=O)NC(COC1OC(CO)C(O)C(OS(=O)(=O)O)C1O)C(O)/C=C/CCCCCCCCCCCCCCC. The van der Waals surface area contributed by atoms with Crippen molar-refractivity contribution in [3.8, 4) is 0 Å². The molecular formula is C42H77NO11S. The molecule has 7 atom stereocenters. The summed E-state index contributed by atoms with van der Waals surface area (Å²) in [4.78, 5) is 12.9. The number of unbranched alkanes of at least 4 members (excludes halogenated alkanes) is 19. The van der Waals surface area contributed by atoms with E-state index in [1.54, 1.807) is 6.08 Å². The van der Waals surface area contributed by atoms with Gasteiger partial charge in [0.15, 0.2) is 6.29 Å². The summed E-state index contributed by atoms with van der Waals surface area (Å²) in [5.74, 6) is -0.331. The molecule has 1 heterocycles. The molecule has 0 aliphatic carbocycles. The number of carbonyl (C=O) groups is 1. The van der Waals surface area contributed by atoms with Crippen LogP contribution in [-0.4, -0.2) is 95.4 Å². The number of aliphatic hydroxyl groups excluding tert-OH is 4. The standard InChI is InChI=1S/C42H77NO11S/c1-3-5-7-9-11-13-15-17-18-20-21-23-25-27-29-31-36(45)35(34-52-42-40(48)41(54-55(49,50)51)39(47)37(33-44)53-42)43-38(46)32-30-28-26-24-22-19-16-14-12-10-8-6-4-2/h19,22,26,28-29,31,35-37,39-42,44-45,47-48H,3-18,20-21,23-25,27,30,32-34H2,1-2H3,(H,43,46)(H,49,50,51)/b22-19-,28-26-,31-29+. The zero-order valence-electron chi connectivity index (χ0n) is 34.0. The molecule has 1 saturated heterocycles. The predicted octanol–water partition coefficient (Wildman–Crippen LogP) is 7.55. The van der Waals surface area contributed by atoms with Gasteiger partial charge < -0.3 is 35.2 Å². The topological polar surface area (TPSA) is 192 Å². The highest BCUT2D eigenvalue weighted by Gasteiger charge is 2.48. The summed E-state index contributed by atoms with van der Waals surface area (Å²) in [5.41, 5.74) is 0. The first kappa shape index (κ1) is 51.3. The minimum Gasteiger partial charge on any atom is -0.394 e. The molecule has 55 heavy (non-hydrogen) atoms. The quantitative estimate of drug-likeness (QED) is 0.0211. The van der Waals surface area contributed by atoms with Crippen LogP contribution < -0.4 is 5.32 Å². The van der Waals surface area contributed by atoms with Crippen molar-refractivity contribution in [1.29, 1.82) is 0 Å². The van der Waals surface area contributed by atoms with Crippen molar-refractivity contribution in [2.24, 2.45) is 0 Å². The lowest BCUT2D eigenvalue weighted by Gasteiger charge is -2.41. The van der Waals surface area contributed by atoms with Crippen LogP contribution in [-0.2, 0) is 28.9 Å². The number of aliphatic hydroxyl groups is 4. The molecule has 0 aromatic rings. The van der Waals surface area contributed by atoms with E-state index in [1.165, 1.54) is 109 Å². The van der Waals surface area contributed by atoms with Crippen molar-refractivity contribution < 1.29 is 51.8 Å². The summed E-state index contributed by atoms with van der Waals surface area (Å²) in [7, 11) is -5.09. The Balaban J connectivity index is 2.63. The molecule has 0 bridgehead atoms. The number of nitrogens with one attached hydrogen (secondary N) is 1. The molecule has 13 heteroatoms. The Morgan fingerprint density at radius 3 is 1.73 bits per heavy atom. The van der Waals surface area contributed by atoms with E-state index in [0.717, 1.165) is 32.1 Å². The number of allylic oxidation sites excluding steroid dienone is 5. The molecule has 322 valence electrons. The number of hydrogen-bond donors (Lipinski definition) is 6. The van der Waals surface area contributed by atoms with Crippen molar-refractivity contribution >= 4 is 16.3 Å². The number of carbonyl (C=O) groups excluding carboxylic acids is 1. The van der Waals surface area contributed by atoms with Crippen LogP contribution >= 0.6 is 0 Å². The molecule has 6 N–H and O–H groups in total. The summed E-state index contributed by atoms with van der Waals surface area (Å²) in [6, 6.07) is -0.972. The zero-order valence-corrected chi connectivity index (χ0v) is 34.8. The second-order valence-electron chi connectivity index (χ2n) is 14.9. The Labute approximate surface area is 333 Å². The lowest BCUT2D eigenvalue weighted by molar-refractivity contribution is -0.298. The predicted molar refractivity (Wildman–Crippen MR) is 218 cm³/mol. The van der Waals surface area contributed by atoms with Gasteiger partial charge in [0, 0.05) is 6.42 Å². The number of hydrogen-bond acceptors (Lipinski definition) is 10. The van der Waals surface area contributed by atoms with Crippen LogP contribution in [0, 0.1) is 0 Å². The van der Waals surface area contributed by atoms with Gasteiger partial charge in [-0.3, -0.25) is 9.35 Å². The minimum atomic E-state index is -5.09. The fraction of sp³-hybridized carbons (Fsp3) is 0.833. The largest absolute Gasteiger partial charge is 0.397 e. The van der Waals surface area contributed by atoms with E-state index < -0.39 is 59.9 Å². The number of ether oxygens (including phenoxy) is 2. The van der Waals surface area contributed by atoms with Crippen LogP contribution in [0.25, 0.3) is 0 Å². The van der Waals surface area contributed by atoms with E-state index >= 15 is 0 Å². The Bertz CT molecular complexity index is 1130. The van der Waals surface area contributed by atoms with Crippen molar-refractivity contribution in [2.45, 2.75) is 211 Å². The van der Waals surface area contributed by atoms with Crippen LogP contribution in [0.1, 0.15) is 168 Å². The van der Waals surface area contributed by atoms with Crippen LogP contribution in [0.2, 0.25) is 0 Å². The lowest BCUT2D eigenvalue weighted by atomic mass is 9.99. The van der Waals surface area contributed by atoms with Gasteiger partial charge in [0.1, 0.15) is 24.4 Å². The highest BCUT2D eigenvalue weighted by Crippen LogP contribution is 2.26. The average molecular weight is 804 g/mol. The van der Waals surface area contributed by atoms with Gasteiger partial charge in [-0.05, 0) is 38.5 Å². The molecule has 0 radical (unpaired) electrons. The monoisotopic (exact) mass is 804 g/mol. The van der Waals surface area contributed by atoms with Gasteiger partial charge >= 0.3 is 10.4 Å². The Hall–Kier alpha value is -1.68. The highest BCUT2D eigenvalue weighted by atomic mass is 32.3. The van der Waals surface area contributed by atoms with Crippen LogP contribution in [0.4, 0.5) is 0 Å². The fourth-order valence-electron chi connectivity index (χ4n) is 6.56. The molecule has 12 nitrogen and oxygen atoms in total. The smallest absolute Gasteiger partial charge is 0.394 e. The van der Waals surface area contributed by atoms with Crippen molar-refractivity contribution in [3.05, 3.63) is 36.5 Å². The molecule has 1 fully saturated rings. The van der Waals surface area contributed by atoms with Crippen LogP contribution in [0.15, 0.2) is 36.5 Å². The molecule has 7 unspecified atom stereocenters. The number of rotatable bonds is 35. The molecular weight excluding hydrogens is 727 g/mol. The Kier molecular flexibility index (Phi) is 31.1. The van der Waals surface area contributed by atoms with E-state index in [-0.39, 0.29) is 18.9 Å². The van der Waals surface area contributed by atoms with Crippen molar-refractivity contribution in [2.75, 3.05) is 13.2 Å². The molecule has 1 amide bonds. The molecule has 1 aliphatic rings. The van der Waals surface area contributed by atoms with E-state index in [9.17, 15) is 33.6 Å². The third-order valence-electron chi connectivity index (χ3n) is 9.93. The average Bonchev–Trinajstić information content (AvgIpc) is 3.15. The summed E-state index contributed by atoms with van der Waals surface area (Å²) < 4.78 is 47.4. The maximum Gasteiger partial charge on any atom is 0.397 e. The third kappa shape index (κ3) is 26.8. The van der Waals surface area contributed by atoms with Gasteiger partial charge in [-0.1, -0.05) is 159 Å². The van der Waals surface area contributed by atoms with Gasteiger partial charge in [-0.15, -0.1) is 0 Å². The lowest BCUT2D eigenvalue weighted by Crippen LogP contribution is -2.61. The van der Waals surface area contributed by atoms with Gasteiger partial charge in [-0.25, -0.2) is 4.18 Å². The molecule has 1 aliphatic heterocycles. The second kappa shape index (κ2) is 33.3. The molecule has 0 aromatic heterocycles. The first-order valence-electron chi connectivity index (χ1n) is 21.4. The summed E-state index contributed by atoms with van der Waals surface area (Å²) >= 11 is 0. The molecule has 0 aromatic carbocycles. The van der Waals surface area contributed by atoms with E-state index in [1.807, 2.05) is 18.2 Å². The Morgan fingerprint density at radius 2 is 1.22 bits per heavy atom. The maximum atomic E-state index is 12.9. The van der Waals surface area contributed by atoms with Gasteiger partial charge in [-0.2, -0.15) is 8.42 Å². The van der Waals surface area contributed by atoms with Gasteiger partial charge in [0.05, 0.1) is 25.4 Å². The number of amides is 1. The Morgan fingerprint density at radius 1 is 0.727 bits per heavy atom. The van der Waals surface area contributed by atoms with E-state index in [2.05, 4.69) is 35.5 Å². The van der Waals surface area contributed by atoms with Crippen molar-refractivity contribution in [1.82, 2.24) is 5.32 Å². The fourth-order valence-corrected chi connectivity index (χ4v) is 7.07. The first-order chi connectivity index (χ1) is 26.5. The van der Waals surface area contributed by atoms with Gasteiger partial charge in [0.25, 0.3) is 0 Å². The first-order valence-corrected chi connectivity index (χ1v) is 22.7. The molecule has 1 rings (SSSR count). The van der Waals surface area contributed by atoms with E-state index in [4.69, 9.17) is 14.0 Å². The van der Waals surface area contributed by atoms with Crippen molar-refractivity contribution in [3.63, 3.8) is 0 Å². The van der Waals surface area contributed by atoms with E-state index in [0.29, 0.717) is 6.42 Å².